The Morgan fingerprint density at radius 3 is 3.12 bits per heavy atom. The predicted molar refractivity (Wildman–Crippen MR) is 54.4 cm³/mol. The van der Waals surface area contributed by atoms with Gasteiger partial charge in [-0.15, -0.1) is 12.3 Å². The van der Waals surface area contributed by atoms with Gasteiger partial charge < -0.3 is 22.4 Å². The Balaban J connectivity index is 0.00000225. The molecule has 88 valence electrons. The third-order valence-corrected chi connectivity index (χ3v) is 1.92. The van der Waals surface area contributed by atoms with Crippen molar-refractivity contribution in [1.29, 1.82) is 0 Å². The largest absolute Gasteiger partial charge is 1.00 e. The maximum Gasteiger partial charge on any atom is 0.305 e. The van der Waals surface area contributed by atoms with Gasteiger partial charge in [0.2, 0.25) is 0 Å². The fourth-order valence-electron chi connectivity index (χ4n) is 1.16. The average Bonchev–Trinajstić information content (AvgIpc) is 2.57. The summed E-state index contributed by atoms with van der Waals surface area (Å²) in [5.74, 6) is 3.24. The summed E-state index contributed by atoms with van der Waals surface area (Å²) in [6, 6.07) is 0. The Morgan fingerprint density at radius 2 is 2.50 bits per heavy atom. The highest BCUT2D eigenvalue weighted by molar-refractivity contribution is 5.72. The molecule has 0 aliphatic heterocycles. The first kappa shape index (κ1) is 14.5. The first-order valence-corrected chi connectivity index (χ1v) is 4.53. The quantitative estimate of drug-likeness (QED) is 0.151. The Hall–Kier alpha value is -1.51. The summed E-state index contributed by atoms with van der Waals surface area (Å²) in [4.78, 5) is 0. The fourth-order valence-corrected chi connectivity index (χ4v) is 1.16. The monoisotopic (exact) mass is 243 g/mol. The van der Waals surface area contributed by atoms with E-state index in [4.69, 9.17) is 16.4 Å². The molecule has 0 fully saturated rings. The predicted octanol–water partition coefficient (Wildman–Crippen LogP) is -2.88. The van der Waals surface area contributed by atoms with Crippen molar-refractivity contribution in [3.8, 4) is 12.3 Å². The maximum absolute atomic E-state index is 8.47. The van der Waals surface area contributed by atoms with Gasteiger partial charge in [0.15, 0.2) is 12.9 Å². The van der Waals surface area contributed by atoms with E-state index in [2.05, 4.69) is 11.1 Å². The van der Waals surface area contributed by atoms with E-state index < -0.39 is 0 Å². The van der Waals surface area contributed by atoms with Crippen LogP contribution in [-0.4, -0.2) is 22.6 Å². The summed E-state index contributed by atoms with van der Waals surface area (Å²) in [5.41, 5.74) is 0. The van der Waals surface area contributed by atoms with Crippen molar-refractivity contribution >= 4 is 6.21 Å². The molecular formula is C10H14ClN3O2. The summed E-state index contributed by atoms with van der Waals surface area (Å²) in [5, 5.41) is 11.5. The highest BCUT2D eigenvalue weighted by Crippen LogP contribution is 1.93. The van der Waals surface area contributed by atoms with E-state index in [1.54, 1.807) is 0 Å². The van der Waals surface area contributed by atoms with E-state index in [1.807, 2.05) is 28.6 Å². The van der Waals surface area contributed by atoms with Gasteiger partial charge in [0.25, 0.3) is 0 Å². The second-order valence-corrected chi connectivity index (χ2v) is 2.97. The van der Waals surface area contributed by atoms with Gasteiger partial charge in [0.05, 0.1) is 13.7 Å². The molecule has 0 bridgehead atoms. The van der Waals surface area contributed by atoms with Crippen LogP contribution in [0.5, 0.6) is 0 Å². The highest BCUT2D eigenvalue weighted by atomic mass is 35.5. The van der Waals surface area contributed by atoms with Crippen LogP contribution in [0.25, 0.3) is 0 Å². The molecular weight excluding hydrogens is 230 g/mol. The third kappa shape index (κ3) is 3.93. The number of hydrogen-bond acceptors (Lipinski definition) is 3. The molecule has 6 heteroatoms. The van der Waals surface area contributed by atoms with Crippen molar-refractivity contribution < 1.29 is 26.9 Å². The molecule has 1 N–H and O–H groups in total. The summed E-state index contributed by atoms with van der Waals surface area (Å²) in [6.07, 6.45) is 10.7. The van der Waals surface area contributed by atoms with Crippen LogP contribution in [0.3, 0.4) is 0 Å². The molecule has 0 radical (unpaired) electrons. The zero-order valence-corrected chi connectivity index (χ0v) is 9.76. The van der Waals surface area contributed by atoms with E-state index >= 15 is 0 Å². The molecule has 0 saturated carbocycles. The van der Waals surface area contributed by atoms with Gasteiger partial charge in [0.1, 0.15) is 12.4 Å². The molecule has 1 heterocycles. The molecule has 0 atom stereocenters. The number of nitrogens with zero attached hydrogens (tertiary/aromatic N) is 3. The van der Waals surface area contributed by atoms with Crippen LogP contribution in [0.2, 0.25) is 0 Å². The smallest absolute Gasteiger partial charge is 0.305 e. The number of ether oxygens (including phenoxy) is 1. The van der Waals surface area contributed by atoms with Gasteiger partial charge >= 0.3 is 5.82 Å². The van der Waals surface area contributed by atoms with Gasteiger partial charge in [0, 0.05) is 6.42 Å². The van der Waals surface area contributed by atoms with Crippen molar-refractivity contribution in [2.24, 2.45) is 12.2 Å². The second-order valence-electron chi connectivity index (χ2n) is 2.97. The molecule has 0 aromatic carbocycles. The highest BCUT2D eigenvalue weighted by Gasteiger charge is 2.11. The minimum Gasteiger partial charge on any atom is -1.00 e. The van der Waals surface area contributed by atoms with Gasteiger partial charge in [-0.3, -0.25) is 0 Å². The molecule has 0 spiro atoms. The zero-order chi connectivity index (χ0) is 11.1. The van der Waals surface area contributed by atoms with Crippen LogP contribution >= 0.6 is 0 Å². The number of terminal acetylenes is 1. The zero-order valence-electron chi connectivity index (χ0n) is 9.01. The number of rotatable bonds is 5. The SMILES string of the molecule is C#CCCOCn1cc[n+](C)c1/C=N/O.[Cl-]. The van der Waals surface area contributed by atoms with Crippen molar-refractivity contribution in [3.63, 3.8) is 0 Å². The summed E-state index contributed by atoms with van der Waals surface area (Å²) >= 11 is 0. The lowest BCUT2D eigenvalue weighted by molar-refractivity contribution is -0.672. The van der Waals surface area contributed by atoms with E-state index in [0.717, 1.165) is 5.82 Å². The lowest BCUT2D eigenvalue weighted by Crippen LogP contribution is -3.00. The summed E-state index contributed by atoms with van der Waals surface area (Å²) < 4.78 is 8.96. The van der Waals surface area contributed by atoms with E-state index in [9.17, 15) is 0 Å². The van der Waals surface area contributed by atoms with Gasteiger partial charge in [-0.1, -0.05) is 5.16 Å². The van der Waals surface area contributed by atoms with Crippen LogP contribution in [0, 0.1) is 12.3 Å². The van der Waals surface area contributed by atoms with Crippen molar-refractivity contribution in [1.82, 2.24) is 4.57 Å². The number of oxime groups is 1. The van der Waals surface area contributed by atoms with Crippen LogP contribution < -0.4 is 17.0 Å². The van der Waals surface area contributed by atoms with E-state index in [0.29, 0.717) is 19.8 Å². The molecule has 0 amide bonds. The van der Waals surface area contributed by atoms with E-state index in [-0.39, 0.29) is 12.4 Å². The number of halogens is 1. The van der Waals surface area contributed by atoms with Crippen LogP contribution in [0.4, 0.5) is 0 Å². The Morgan fingerprint density at radius 1 is 1.75 bits per heavy atom. The molecule has 5 nitrogen and oxygen atoms in total. The second kappa shape index (κ2) is 7.74. The Kier molecular flexibility index (Phi) is 7.01. The van der Waals surface area contributed by atoms with E-state index in [1.165, 1.54) is 6.21 Å². The molecule has 1 aromatic rings. The molecule has 0 aliphatic rings. The molecule has 0 saturated heterocycles. The topological polar surface area (TPSA) is 50.6 Å². The lowest BCUT2D eigenvalue weighted by atomic mass is 10.5. The van der Waals surface area contributed by atoms with Crippen LogP contribution in [0.15, 0.2) is 17.5 Å². The standard InChI is InChI=1S/C10H13N3O2.ClH/c1-3-4-7-15-9-13-6-5-12(2)10(13)8-11-14;/h1,5-6,8H,4,7,9H2,2H3;1H. The Labute approximate surface area is 101 Å². The average molecular weight is 244 g/mol. The third-order valence-electron chi connectivity index (χ3n) is 1.92. The molecule has 1 rings (SSSR count). The van der Waals surface area contributed by atoms with Crippen LogP contribution in [0.1, 0.15) is 12.2 Å². The number of imidazole rings is 1. The first-order chi connectivity index (χ1) is 7.29. The normalized spacial score (nSPS) is 10.0. The maximum atomic E-state index is 8.47. The number of aryl methyl sites for hydroxylation is 1. The molecule has 0 aliphatic carbocycles. The van der Waals surface area contributed by atoms with Gasteiger partial charge in [-0.05, 0) is 0 Å². The number of hydrogen-bond donors (Lipinski definition) is 1. The lowest BCUT2D eigenvalue weighted by Gasteiger charge is -1.99. The van der Waals surface area contributed by atoms with Gasteiger partial charge in [-0.2, -0.15) is 0 Å². The van der Waals surface area contributed by atoms with Crippen molar-refractivity contribution in [2.75, 3.05) is 6.61 Å². The van der Waals surface area contributed by atoms with Gasteiger partial charge in [-0.25, -0.2) is 9.13 Å². The molecule has 1 aromatic heterocycles. The van der Waals surface area contributed by atoms with Crippen molar-refractivity contribution in [2.45, 2.75) is 13.2 Å². The minimum atomic E-state index is 0. The first-order valence-electron chi connectivity index (χ1n) is 4.53. The molecule has 0 unspecified atom stereocenters. The van der Waals surface area contributed by atoms with Crippen molar-refractivity contribution in [3.05, 3.63) is 18.2 Å². The summed E-state index contributed by atoms with van der Waals surface area (Å²) in [6.45, 7) is 0.915. The molecule has 16 heavy (non-hydrogen) atoms. The van der Waals surface area contributed by atoms with Crippen LogP contribution in [-0.2, 0) is 18.5 Å². The fraction of sp³-hybridized carbons (Fsp3) is 0.400. The Bertz CT molecular complexity index is 382. The minimum absolute atomic E-state index is 0. The number of aromatic nitrogens is 2. The summed E-state index contributed by atoms with van der Waals surface area (Å²) in [7, 11) is 1.86.